The zero-order valence-electron chi connectivity index (χ0n) is 8.60. The first-order valence-corrected chi connectivity index (χ1v) is 6.60. The monoisotopic (exact) mass is 218 g/mol. The summed E-state index contributed by atoms with van der Waals surface area (Å²) in [6.45, 7) is 0. The van der Waals surface area contributed by atoms with Gasteiger partial charge in [0, 0.05) is 18.3 Å². The van der Waals surface area contributed by atoms with Crippen LogP contribution in [0.1, 0.15) is 24.5 Å². The van der Waals surface area contributed by atoms with E-state index in [9.17, 15) is 0 Å². The molecule has 3 heteroatoms. The average Bonchev–Trinajstić information content (AvgIpc) is 2.74. The van der Waals surface area contributed by atoms with Crippen LogP contribution in [0, 0.1) is 0 Å². The van der Waals surface area contributed by atoms with Crippen molar-refractivity contribution >= 4 is 17.4 Å². The van der Waals surface area contributed by atoms with Gasteiger partial charge in [0.1, 0.15) is 5.65 Å². The van der Waals surface area contributed by atoms with Gasteiger partial charge in [0.05, 0.1) is 5.69 Å². The quantitative estimate of drug-likeness (QED) is 0.732. The van der Waals surface area contributed by atoms with Crippen LogP contribution in [0.25, 0.3) is 5.65 Å². The Balaban J connectivity index is 1.96. The number of rotatable bonds is 1. The zero-order valence-corrected chi connectivity index (χ0v) is 9.41. The maximum absolute atomic E-state index is 4.69. The van der Waals surface area contributed by atoms with Crippen LogP contribution in [0.4, 0.5) is 0 Å². The van der Waals surface area contributed by atoms with Crippen molar-refractivity contribution in [3.63, 3.8) is 0 Å². The van der Waals surface area contributed by atoms with Crippen molar-refractivity contribution in [1.82, 2.24) is 9.38 Å². The molecule has 0 saturated carbocycles. The van der Waals surface area contributed by atoms with Gasteiger partial charge in [-0.25, -0.2) is 4.98 Å². The largest absolute Gasteiger partial charge is 0.307 e. The van der Waals surface area contributed by atoms with Gasteiger partial charge < -0.3 is 4.40 Å². The van der Waals surface area contributed by atoms with Gasteiger partial charge in [-0.1, -0.05) is 6.07 Å². The van der Waals surface area contributed by atoms with Crippen molar-refractivity contribution in [2.24, 2.45) is 0 Å². The van der Waals surface area contributed by atoms with Gasteiger partial charge in [-0.2, -0.15) is 11.8 Å². The molecule has 3 rings (SSSR count). The van der Waals surface area contributed by atoms with Crippen LogP contribution in [0.3, 0.4) is 0 Å². The first-order valence-electron chi connectivity index (χ1n) is 5.45. The van der Waals surface area contributed by atoms with E-state index < -0.39 is 0 Å². The Kier molecular flexibility index (Phi) is 2.41. The lowest BCUT2D eigenvalue weighted by molar-refractivity contribution is 0.623. The van der Waals surface area contributed by atoms with E-state index in [4.69, 9.17) is 4.98 Å². The Hall–Kier alpha value is -0.960. The van der Waals surface area contributed by atoms with Gasteiger partial charge in [-0.15, -0.1) is 0 Å². The second kappa shape index (κ2) is 3.89. The third kappa shape index (κ3) is 1.76. The highest BCUT2D eigenvalue weighted by Crippen LogP contribution is 2.30. The first kappa shape index (κ1) is 9.28. The summed E-state index contributed by atoms with van der Waals surface area (Å²) in [5.74, 6) is 3.27. The second-order valence-electron chi connectivity index (χ2n) is 4.02. The normalized spacial score (nSPS) is 18.4. The molecular formula is C12H14N2S. The Morgan fingerprint density at radius 2 is 2.13 bits per heavy atom. The van der Waals surface area contributed by atoms with E-state index in [1.54, 1.807) is 0 Å². The number of nitrogens with zero attached hydrogens (tertiary/aromatic N) is 2. The minimum Gasteiger partial charge on any atom is -0.307 e. The summed E-state index contributed by atoms with van der Waals surface area (Å²) in [4.78, 5) is 4.69. The predicted molar refractivity (Wildman–Crippen MR) is 64.5 cm³/mol. The van der Waals surface area contributed by atoms with E-state index in [0.29, 0.717) is 5.92 Å². The van der Waals surface area contributed by atoms with Crippen molar-refractivity contribution in [2.45, 2.75) is 18.8 Å². The third-order valence-electron chi connectivity index (χ3n) is 3.02. The van der Waals surface area contributed by atoms with E-state index >= 15 is 0 Å². The smallest absolute Gasteiger partial charge is 0.136 e. The van der Waals surface area contributed by atoms with Crippen molar-refractivity contribution < 1.29 is 0 Å². The van der Waals surface area contributed by atoms with E-state index in [1.807, 2.05) is 6.07 Å². The Labute approximate surface area is 93.7 Å². The van der Waals surface area contributed by atoms with Crippen LogP contribution in [0.5, 0.6) is 0 Å². The van der Waals surface area contributed by atoms with E-state index in [1.165, 1.54) is 30.0 Å². The molecule has 2 nitrogen and oxygen atoms in total. The molecule has 0 aromatic carbocycles. The maximum Gasteiger partial charge on any atom is 0.136 e. The summed E-state index contributed by atoms with van der Waals surface area (Å²) >= 11 is 2.07. The Bertz CT molecular complexity index is 424. The molecule has 0 N–H and O–H groups in total. The average molecular weight is 218 g/mol. The standard InChI is InChI=1S/C12H14N2S/c1-2-6-14-9-11(13-12(14)3-1)10-4-7-15-8-5-10/h1-3,6,9-10H,4-5,7-8H2. The SMILES string of the molecule is c1ccn2cc(C3CCSCC3)nc2c1. The fourth-order valence-corrected chi connectivity index (χ4v) is 3.25. The number of fused-ring (bicyclic) bond motifs is 1. The minimum atomic E-state index is 0.686. The van der Waals surface area contributed by atoms with Gasteiger partial charge in [0.25, 0.3) is 0 Å². The molecule has 15 heavy (non-hydrogen) atoms. The van der Waals surface area contributed by atoms with Crippen molar-refractivity contribution in [3.8, 4) is 0 Å². The summed E-state index contributed by atoms with van der Waals surface area (Å²) in [5, 5.41) is 0. The summed E-state index contributed by atoms with van der Waals surface area (Å²) in [6.07, 6.45) is 6.84. The van der Waals surface area contributed by atoms with Gasteiger partial charge in [-0.3, -0.25) is 0 Å². The highest BCUT2D eigenvalue weighted by Gasteiger charge is 2.18. The lowest BCUT2D eigenvalue weighted by Gasteiger charge is -2.18. The molecule has 2 aromatic rings. The maximum atomic E-state index is 4.69. The predicted octanol–water partition coefficient (Wildman–Crippen LogP) is 2.94. The second-order valence-corrected chi connectivity index (χ2v) is 5.24. The third-order valence-corrected chi connectivity index (χ3v) is 4.07. The highest BCUT2D eigenvalue weighted by atomic mass is 32.2. The molecule has 1 fully saturated rings. The van der Waals surface area contributed by atoms with Crippen molar-refractivity contribution in [2.75, 3.05) is 11.5 Å². The Morgan fingerprint density at radius 1 is 1.27 bits per heavy atom. The lowest BCUT2D eigenvalue weighted by atomic mass is 10.00. The number of imidazole rings is 1. The number of hydrogen-bond donors (Lipinski definition) is 0. The fourth-order valence-electron chi connectivity index (χ4n) is 2.14. The molecule has 2 aromatic heterocycles. The Morgan fingerprint density at radius 3 is 2.93 bits per heavy atom. The van der Waals surface area contributed by atoms with Crippen molar-refractivity contribution in [3.05, 3.63) is 36.3 Å². The van der Waals surface area contributed by atoms with Crippen LogP contribution >= 0.6 is 11.8 Å². The number of aromatic nitrogens is 2. The van der Waals surface area contributed by atoms with E-state index in [-0.39, 0.29) is 0 Å². The van der Waals surface area contributed by atoms with Crippen LogP contribution < -0.4 is 0 Å². The van der Waals surface area contributed by atoms with Gasteiger partial charge in [0.2, 0.25) is 0 Å². The number of pyridine rings is 1. The molecule has 0 radical (unpaired) electrons. The molecule has 0 amide bonds. The van der Waals surface area contributed by atoms with E-state index in [2.05, 4.69) is 40.7 Å². The molecular weight excluding hydrogens is 204 g/mol. The molecule has 1 saturated heterocycles. The summed E-state index contributed by atoms with van der Waals surface area (Å²) < 4.78 is 2.12. The number of thioether (sulfide) groups is 1. The van der Waals surface area contributed by atoms with E-state index in [0.717, 1.165) is 5.65 Å². The summed E-state index contributed by atoms with van der Waals surface area (Å²) in [5.41, 5.74) is 2.35. The molecule has 0 bridgehead atoms. The van der Waals surface area contributed by atoms with Gasteiger partial charge >= 0.3 is 0 Å². The topological polar surface area (TPSA) is 17.3 Å². The van der Waals surface area contributed by atoms with Crippen LogP contribution in [0.2, 0.25) is 0 Å². The molecule has 78 valence electrons. The zero-order chi connectivity index (χ0) is 10.1. The first-order chi connectivity index (χ1) is 7.43. The van der Waals surface area contributed by atoms with Gasteiger partial charge in [0.15, 0.2) is 0 Å². The molecule has 0 atom stereocenters. The highest BCUT2D eigenvalue weighted by molar-refractivity contribution is 7.99. The summed E-state index contributed by atoms with van der Waals surface area (Å²) in [6, 6.07) is 6.17. The minimum absolute atomic E-state index is 0.686. The number of hydrogen-bond acceptors (Lipinski definition) is 2. The molecule has 0 aliphatic carbocycles. The molecule has 0 unspecified atom stereocenters. The van der Waals surface area contributed by atoms with Gasteiger partial charge in [-0.05, 0) is 36.5 Å². The lowest BCUT2D eigenvalue weighted by Crippen LogP contribution is -2.07. The van der Waals surface area contributed by atoms with Crippen LogP contribution in [-0.4, -0.2) is 20.9 Å². The van der Waals surface area contributed by atoms with Crippen LogP contribution in [-0.2, 0) is 0 Å². The van der Waals surface area contributed by atoms with Crippen LogP contribution in [0.15, 0.2) is 30.6 Å². The van der Waals surface area contributed by atoms with Crippen molar-refractivity contribution in [1.29, 1.82) is 0 Å². The summed E-state index contributed by atoms with van der Waals surface area (Å²) in [7, 11) is 0. The molecule has 0 spiro atoms. The molecule has 3 heterocycles. The molecule has 1 aliphatic rings. The fraction of sp³-hybridized carbons (Fsp3) is 0.417. The molecule has 1 aliphatic heterocycles.